The van der Waals surface area contributed by atoms with E-state index in [1.807, 2.05) is 0 Å². The maximum Gasteiger partial charge on any atom is 0.217 e. The topological polar surface area (TPSA) is 86.2 Å². The maximum atomic E-state index is 10.7. The average molecular weight is 641 g/mol. The van der Waals surface area contributed by atoms with Gasteiger partial charge in [0.25, 0.3) is 0 Å². The van der Waals surface area contributed by atoms with Crippen LogP contribution in [0.4, 0.5) is 0 Å². The van der Waals surface area contributed by atoms with Crippen LogP contribution in [0.15, 0.2) is 24.3 Å². The number of rotatable bonds is 36. The van der Waals surface area contributed by atoms with Gasteiger partial charge in [-0.2, -0.15) is 0 Å². The van der Waals surface area contributed by atoms with E-state index in [2.05, 4.69) is 24.3 Å². The van der Waals surface area contributed by atoms with E-state index < -0.39 is 0 Å². The van der Waals surface area contributed by atoms with Crippen molar-refractivity contribution in [2.24, 2.45) is 11.5 Å². The molecule has 0 spiro atoms. The highest BCUT2D eigenvalue weighted by molar-refractivity contribution is 5.73. The van der Waals surface area contributed by atoms with Crippen LogP contribution in [-0.4, -0.2) is 11.8 Å². The van der Waals surface area contributed by atoms with Crippen molar-refractivity contribution in [2.45, 2.75) is 218 Å². The molecular weight excluding hydrogens is 564 g/mol. The number of hydrogen-bond acceptors (Lipinski definition) is 2. The van der Waals surface area contributed by atoms with Crippen LogP contribution in [0, 0.1) is 0 Å². The lowest BCUT2D eigenvalue weighted by molar-refractivity contribution is -0.119. The minimum absolute atomic E-state index is 0.156. The molecule has 0 aliphatic heterocycles. The number of benzene rings is 1. The largest absolute Gasteiger partial charge is 0.370 e. The molecule has 46 heavy (non-hydrogen) atoms. The monoisotopic (exact) mass is 641 g/mol. The summed E-state index contributed by atoms with van der Waals surface area (Å²) in [4.78, 5) is 21.5. The number of unbranched alkanes of at least 4 members (excludes halogenated alkanes) is 28. The lowest BCUT2D eigenvalue weighted by Gasteiger charge is -2.10. The molecule has 4 N–H and O–H groups in total. The molecular formula is C42H76N2O2. The molecule has 1 rings (SSSR count). The molecule has 266 valence electrons. The van der Waals surface area contributed by atoms with Crippen molar-refractivity contribution in [3.8, 4) is 0 Å². The third-order valence-corrected chi connectivity index (χ3v) is 9.86. The Kier molecular flexibility index (Phi) is 30.3. The van der Waals surface area contributed by atoms with Gasteiger partial charge in [0.2, 0.25) is 11.8 Å². The van der Waals surface area contributed by atoms with Crippen LogP contribution in [0.25, 0.3) is 0 Å². The van der Waals surface area contributed by atoms with E-state index in [1.165, 1.54) is 180 Å². The molecule has 0 heterocycles. The van der Waals surface area contributed by atoms with Crippen LogP contribution in [-0.2, 0) is 22.4 Å². The zero-order valence-corrected chi connectivity index (χ0v) is 30.3. The smallest absolute Gasteiger partial charge is 0.217 e. The van der Waals surface area contributed by atoms with E-state index in [1.54, 1.807) is 11.1 Å². The first-order chi connectivity index (χ1) is 22.6. The molecule has 0 bridgehead atoms. The predicted molar refractivity (Wildman–Crippen MR) is 200 cm³/mol. The Morgan fingerprint density at radius 2 is 0.522 bits per heavy atom. The van der Waals surface area contributed by atoms with E-state index in [9.17, 15) is 9.59 Å². The fourth-order valence-corrected chi connectivity index (χ4v) is 6.87. The van der Waals surface area contributed by atoms with Crippen molar-refractivity contribution >= 4 is 11.8 Å². The number of aryl methyl sites for hydroxylation is 2. The Hall–Kier alpha value is -1.84. The van der Waals surface area contributed by atoms with Gasteiger partial charge in [-0.3, -0.25) is 9.59 Å². The lowest BCUT2D eigenvalue weighted by Crippen LogP contribution is -2.09. The van der Waals surface area contributed by atoms with Crippen LogP contribution in [0.5, 0.6) is 0 Å². The first-order valence-electron chi connectivity index (χ1n) is 20.2. The third kappa shape index (κ3) is 29.6. The van der Waals surface area contributed by atoms with Gasteiger partial charge < -0.3 is 11.5 Å². The van der Waals surface area contributed by atoms with Gasteiger partial charge in [-0.1, -0.05) is 191 Å². The second-order valence-electron chi connectivity index (χ2n) is 14.3. The lowest BCUT2D eigenvalue weighted by atomic mass is 9.96. The molecule has 0 fully saturated rings. The number of primary amides is 2. The molecule has 4 heteroatoms. The van der Waals surface area contributed by atoms with Gasteiger partial charge in [-0.05, 0) is 49.7 Å². The van der Waals surface area contributed by atoms with E-state index in [-0.39, 0.29) is 11.8 Å². The summed E-state index contributed by atoms with van der Waals surface area (Å²) in [5.74, 6) is -0.312. The van der Waals surface area contributed by atoms with Crippen molar-refractivity contribution in [2.75, 3.05) is 0 Å². The molecule has 1 aromatic carbocycles. The molecule has 0 aliphatic carbocycles. The number of amides is 2. The number of carbonyl (C=O) groups is 2. The van der Waals surface area contributed by atoms with Gasteiger partial charge in [0.15, 0.2) is 0 Å². The summed E-state index contributed by atoms with van der Waals surface area (Å²) < 4.78 is 0. The Morgan fingerprint density at radius 3 is 0.739 bits per heavy atom. The molecule has 1 aromatic rings. The van der Waals surface area contributed by atoms with Gasteiger partial charge in [-0.15, -0.1) is 0 Å². The first kappa shape index (κ1) is 42.2. The first-order valence-corrected chi connectivity index (χ1v) is 20.2. The predicted octanol–water partition coefficient (Wildman–Crippen LogP) is 12.2. The van der Waals surface area contributed by atoms with Gasteiger partial charge >= 0.3 is 0 Å². The number of nitrogens with two attached hydrogens (primary N) is 2. The van der Waals surface area contributed by atoms with Crippen LogP contribution in [0.3, 0.4) is 0 Å². The summed E-state index contributed by atoms with van der Waals surface area (Å²) in [5, 5.41) is 0. The molecule has 0 unspecified atom stereocenters. The fraction of sp³-hybridized carbons (Fsp3) is 0.810. The summed E-state index contributed by atoms with van der Waals surface area (Å²) in [6.07, 6.45) is 43.7. The van der Waals surface area contributed by atoms with Crippen molar-refractivity contribution < 1.29 is 9.59 Å². The van der Waals surface area contributed by atoms with Gasteiger partial charge in [0, 0.05) is 12.8 Å². The summed E-state index contributed by atoms with van der Waals surface area (Å²) in [6, 6.07) is 9.24. The second-order valence-corrected chi connectivity index (χ2v) is 14.3. The molecule has 0 aliphatic rings. The third-order valence-electron chi connectivity index (χ3n) is 9.86. The Bertz CT molecular complexity index is 757. The minimum Gasteiger partial charge on any atom is -0.370 e. The molecule has 0 atom stereocenters. The number of hydrogen-bond donors (Lipinski definition) is 2. The van der Waals surface area contributed by atoms with Gasteiger partial charge in [0.05, 0.1) is 0 Å². The normalized spacial score (nSPS) is 11.3. The molecule has 4 nitrogen and oxygen atoms in total. The van der Waals surface area contributed by atoms with Crippen molar-refractivity contribution in [1.82, 2.24) is 0 Å². The highest BCUT2D eigenvalue weighted by Crippen LogP contribution is 2.19. The summed E-state index contributed by atoms with van der Waals surface area (Å²) in [7, 11) is 0. The minimum atomic E-state index is -0.156. The maximum absolute atomic E-state index is 10.7. The van der Waals surface area contributed by atoms with E-state index >= 15 is 0 Å². The fourth-order valence-electron chi connectivity index (χ4n) is 6.87. The average Bonchev–Trinajstić information content (AvgIpc) is 3.04. The Morgan fingerprint density at radius 1 is 0.326 bits per heavy atom. The highest BCUT2D eigenvalue weighted by atomic mass is 16.1. The van der Waals surface area contributed by atoms with E-state index in [0.29, 0.717) is 12.8 Å². The SMILES string of the molecule is NC(=O)CCCCCCCCCCCCCCCCCc1ccccc1CCCCCCCCCCCCCCCCCC(N)=O. The molecule has 0 radical (unpaired) electrons. The highest BCUT2D eigenvalue weighted by Gasteiger charge is 2.03. The van der Waals surface area contributed by atoms with E-state index in [0.717, 1.165) is 25.7 Å². The second kappa shape index (κ2) is 33.1. The zero-order valence-electron chi connectivity index (χ0n) is 30.3. The molecule has 0 saturated carbocycles. The number of carbonyl (C=O) groups excluding carboxylic acids is 2. The summed E-state index contributed by atoms with van der Waals surface area (Å²) in [5.41, 5.74) is 13.6. The van der Waals surface area contributed by atoms with Gasteiger partial charge in [0.1, 0.15) is 0 Å². The quantitative estimate of drug-likeness (QED) is 0.0715. The van der Waals surface area contributed by atoms with Crippen LogP contribution < -0.4 is 11.5 Å². The standard InChI is InChI=1S/C42H76N2O2/c43-41(45)37-29-25-21-17-13-9-5-1-3-7-11-15-19-23-27-33-39-35-31-32-36-40(39)34-28-24-20-16-12-8-4-2-6-10-14-18-22-26-30-38-42(44)46/h31-32,35-36H,1-30,33-34,37-38H2,(H2,43,45)(H2,44,46). The van der Waals surface area contributed by atoms with Crippen molar-refractivity contribution in [3.63, 3.8) is 0 Å². The molecule has 0 saturated heterocycles. The summed E-state index contributed by atoms with van der Waals surface area (Å²) >= 11 is 0. The van der Waals surface area contributed by atoms with Crippen molar-refractivity contribution in [3.05, 3.63) is 35.4 Å². The van der Waals surface area contributed by atoms with Crippen LogP contribution >= 0.6 is 0 Å². The Balaban J connectivity index is 1.87. The van der Waals surface area contributed by atoms with Crippen LogP contribution in [0.2, 0.25) is 0 Å². The van der Waals surface area contributed by atoms with Gasteiger partial charge in [-0.25, -0.2) is 0 Å². The molecule has 2 amide bonds. The van der Waals surface area contributed by atoms with Crippen LogP contribution in [0.1, 0.15) is 217 Å². The van der Waals surface area contributed by atoms with Crippen molar-refractivity contribution in [1.29, 1.82) is 0 Å². The molecule has 0 aromatic heterocycles. The van der Waals surface area contributed by atoms with E-state index in [4.69, 9.17) is 11.5 Å². The zero-order chi connectivity index (χ0) is 33.2. The summed E-state index contributed by atoms with van der Waals surface area (Å²) in [6.45, 7) is 0. The Labute approximate surface area is 286 Å².